The largest absolute Gasteiger partial charge is 0.452 e. The normalized spacial score (nSPS) is 10.5. The van der Waals surface area contributed by atoms with E-state index in [0.717, 1.165) is 21.9 Å². The fourth-order valence-electron chi connectivity index (χ4n) is 1.83. The van der Waals surface area contributed by atoms with Gasteiger partial charge in [0.1, 0.15) is 5.76 Å². The summed E-state index contributed by atoms with van der Waals surface area (Å²) in [5.74, 6) is 0.134. The molecule has 7 heteroatoms. The Kier molecular flexibility index (Phi) is 5.21. The van der Waals surface area contributed by atoms with Crippen molar-refractivity contribution in [2.75, 3.05) is 6.61 Å². The first-order chi connectivity index (χ1) is 10.5. The first-order valence-corrected chi connectivity index (χ1v) is 7.56. The third-order valence-corrected chi connectivity index (χ3v) is 4.11. The predicted octanol–water partition coefficient (Wildman–Crippen LogP) is 2.23. The van der Waals surface area contributed by atoms with Gasteiger partial charge in [-0.05, 0) is 26.0 Å². The molecular weight excluding hydrogens is 304 g/mol. The van der Waals surface area contributed by atoms with E-state index in [-0.39, 0.29) is 0 Å². The van der Waals surface area contributed by atoms with E-state index in [9.17, 15) is 9.59 Å². The van der Waals surface area contributed by atoms with Crippen molar-refractivity contribution in [1.82, 2.24) is 5.16 Å². The van der Waals surface area contributed by atoms with Gasteiger partial charge in [-0.25, -0.2) is 4.79 Å². The lowest BCUT2D eigenvalue weighted by Gasteiger charge is -2.08. The van der Waals surface area contributed by atoms with Crippen LogP contribution in [-0.2, 0) is 15.3 Å². The Morgan fingerprint density at radius 1 is 1.32 bits per heavy atom. The van der Waals surface area contributed by atoms with Crippen LogP contribution in [0.5, 0.6) is 0 Å². The zero-order valence-electron chi connectivity index (χ0n) is 12.3. The molecule has 0 fully saturated rings. The molecule has 0 radical (unpaired) electrons. The molecule has 1 amide bonds. The first-order valence-electron chi connectivity index (χ1n) is 6.58. The fourth-order valence-corrected chi connectivity index (χ4v) is 3.03. The van der Waals surface area contributed by atoms with Gasteiger partial charge in [0.2, 0.25) is 0 Å². The Morgan fingerprint density at radius 3 is 2.68 bits per heavy atom. The van der Waals surface area contributed by atoms with Crippen LogP contribution in [0.1, 0.15) is 27.4 Å². The van der Waals surface area contributed by atoms with Crippen LogP contribution in [0.15, 0.2) is 33.7 Å². The highest BCUT2D eigenvalue weighted by Gasteiger charge is 2.15. The number of carbonyl (C=O) groups excluding carboxylic acids is 2. The molecule has 0 aliphatic rings. The Morgan fingerprint density at radius 2 is 2.05 bits per heavy atom. The van der Waals surface area contributed by atoms with Crippen LogP contribution >= 0.6 is 11.8 Å². The van der Waals surface area contributed by atoms with Crippen molar-refractivity contribution in [3.63, 3.8) is 0 Å². The van der Waals surface area contributed by atoms with Gasteiger partial charge >= 0.3 is 5.97 Å². The number of thioether (sulfide) groups is 1. The number of carbonyl (C=O) groups is 2. The van der Waals surface area contributed by atoms with E-state index in [2.05, 4.69) is 5.16 Å². The van der Waals surface area contributed by atoms with Crippen molar-refractivity contribution >= 4 is 23.6 Å². The Labute approximate surface area is 132 Å². The zero-order chi connectivity index (χ0) is 16.1. The summed E-state index contributed by atoms with van der Waals surface area (Å²) in [6, 6.07) is 7.05. The van der Waals surface area contributed by atoms with Gasteiger partial charge in [-0.15, -0.1) is 11.8 Å². The van der Waals surface area contributed by atoms with Gasteiger partial charge in [0, 0.05) is 16.2 Å². The Hall–Kier alpha value is -2.28. The highest BCUT2D eigenvalue weighted by molar-refractivity contribution is 7.98. The summed E-state index contributed by atoms with van der Waals surface area (Å²) in [7, 11) is 0. The lowest BCUT2D eigenvalue weighted by molar-refractivity contribution is -0.121. The van der Waals surface area contributed by atoms with Crippen molar-refractivity contribution in [3.8, 4) is 0 Å². The summed E-state index contributed by atoms with van der Waals surface area (Å²) in [6.07, 6.45) is 0. The molecule has 2 rings (SSSR count). The standard InChI is InChI=1S/C15H16N2O4S/c1-9-12(10(2)21-17-9)8-22-13-6-4-3-5-11(13)15(19)20-7-14(16)18/h3-6H,7-8H2,1-2H3,(H2,16,18). The molecule has 0 aliphatic carbocycles. The monoisotopic (exact) mass is 320 g/mol. The molecule has 0 spiro atoms. The Balaban J connectivity index is 2.11. The minimum absolute atomic E-state index is 0.403. The maximum Gasteiger partial charge on any atom is 0.339 e. The molecule has 0 bridgehead atoms. The molecule has 0 saturated carbocycles. The highest BCUT2D eigenvalue weighted by Crippen LogP contribution is 2.29. The van der Waals surface area contributed by atoms with Gasteiger partial charge < -0.3 is 15.0 Å². The molecule has 6 nitrogen and oxygen atoms in total. The lowest BCUT2D eigenvalue weighted by Crippen LogP contribution is -2.21. The van der Waals surface area contributed by atoms with Crippen LogP contribution in [0.4, 0.5) is 0 Å². The number of esters is 1. The van der Waals surface area contributed by atoms with Crippen molar-refractivity contribution < 1.29 is 18.8 Å². The number of benzene rings is 1. The quantitative estimate of drug-likeness (QED) is 0.647. The number of hydrogen-bond acceptors (Lipinski definition) is 6. The topological polar surface area (TPSA) is 95.4 Å². The van der Waals surface area contributed by atoms with Crippen molar-refractivity contribution in [2.45, 2.75) is 24.5 Å². The van der Waals surface area contributed by atoms with Gasteiger partial charge in [-0.3, -0.25) is 4.79 Å². The molecule has 0 atom stereocenters. The smallest absolute Gasteiger partial charge is 0.339 e. The number of aromatic nitrogens is 1. The third kappa shape index (κ3) is 3.88. The second kappa shape index (κ2) is 7.13. The van der Waals surface area contributed by atoms with E-state index in [1.54, 1.807) is 12.1 Å². The molecule has 22 heavy (non-hydrogen) atoms. The summed E-state index contributed by atoms with van der Waals surface area (Å²) >= 11 is 1.48. The average molecular weight is 320 g/mol. The second-order valence-corrected chi connectivity index (χ2v) is 5.65. The molecule has 1 heterocycles. The van der Waals surface area contributed by atoms with E-state index in [1.807, 2.05) is 26.0 Å². The molecule has 0 saturated heterocycles. The summed E-state index contributed by atoms with van der Waals surface area (Å²) in [6.45, 7) is 3.30. The maximum absolute atomic E-state index is 12.0. The molecular formula is C15H16N2O4S. The predicted molar refractivity (Wildman–Crippen MR) is 81.5 cm³/mol. The molecule has 116 valence electrons. The van der Waals surface area contributed by atoms with Gasteiger partial charge in [-0.1, -0.05) is 17.3 Å². The van der Waals surface area contributed by atoms with Crippen molar-refractivity contribution in [1.29, 1.82) is 0 Å². The van der Waals surface area contributed by atoms with E-state index in [0.29, 0.717) is 11.3 Å². The molecule has 1 aromatic carbocycles. The summed E-state index contributed by atoms with van der Waals surface area (Å²) < 4.78 is 9.98. The van der Waals surface area contributed by atoms with Gasteiger partial charge in [-0.2, -0.15) is 0 Å². The van der Waals surface area contributed by atoms with E-state index < -0.39 is 18.5 Å². The van der Waals surface area contributed by atoms with Crippen LogP contribution < -0.4 is 5.73 Å². The van der Waals surface area contributed by atoms with Crippen LogP contribution in [0.25, 0.3) is 0 Å². The summed E-state index contributed by atoms with van der Waals surface area (Å²) in [5.41, 5.74) is 7.21. The average Bonchev–Trinajstić information content (AvgIpc) is 2.82. The minimum Gasteiger partial charge on any atom is -0.452 e. The van der Waals surface area contributed by atoms with Crippen LogP contribution in [-0.4, -0.2) is 23.6 Å². The van der Waals surface area contributed by atoms with Gasteiger partial charge in [0.25, 0.3) is 5.91 Å². The number of hydrogen-bond donors (Lipinski definition) is 1. The number of nitrogens with two attached hydrogens (primary N) is 1. The zero-order valence-corrected chi connectivity index (χ0v) is 13.1. The van der Waals surface area contributed by atoms with E-state index in [1.165, 1.54) is 11.8 Å². The van der Waals surface area contributed by atoms with E-state index >= 15 is 0 Å². The molecule has 2 aromatic rings. The third-order valence-electron chi connectivity index (χ3n) is 3.01. The molecule has 2 N–H and O–H groups in total. The highest BCUT2D eigenvalue weighted by atomic mass is 32.2. The molecule has 1 aromatic heterocycles. The number of aryl methyl sites for hydroxylation is 2. The van der Waals surface area contributed by atoms with Crippen molar-refractivity contribution in [3.05, 3.63) is 46.8 Å². The van der Waals surface area contributed by atoms with Gasteiger partial charge in [0.05, 0.1) is 11.3 Å². The number of amides is 1. The van der Waals surface area contributed by atoms with Crippen LogP contribution in [0, 0.1) is 13.8 Å². The Bertz CT molecular complexity index is 677. The number of primary amides is 1. The van der Waals surface area contributed by atoms with Crippen LogP contribution in [0.3, 0.4) is 0 Å². The lowest BCUT2D eigenvalue weighted by atomic mass is 10.2. The number of rotatable bonds is 6. The SMILES string of the molecule is Cc1noc(C)c1CSc1ccccc1C(=O)OCC(N)=O. The summed E-state index contributed by atoms with van der Waals surface area (Å²) in [5, 5.41) is 3.90. The first kappa shape index (κ1) is 16.1. The van der Waals surface area contributed by atoms with Crippen LogP contribution in [0.2, 0.25) is 0 Å². The minimum atomic E-state index is -0.686. The maximum atomic E-state index is 12.0. The van der Waals surface area contributed by atoms with Crippen molar-refractivity contribution in [2.24, 2.45) is 5.73 Å². The number of nitrogens with zero attached hydrogens (tertiary/aromatic N) is 1. The number of ether oxygens (including phenoxy) is 1. The molecule has 0 aliphatic heterocycles. The summed E-state index contributed by atoms with van der Waals surface area (Å²) in [4.78, 5) is 23.5. The van der Waals surface area contributed by atoms with Gasteiger partial charge in [0.15, 0.2) is 6.61 Å². The molecule has 0 unspecified atom stereocenters. The fraction of sp³-hybridized carbons (Fsp3) is 0.267. The van der Waals surface area contributed by atoms with E-state index in [4.69, 9.17) is 15.0 Å². The second-order valence-electron chi connectivity index (χ2n) is 4.63.